The van der Waals surface area contributed by atoms with E-state index in [1.54, 1.807) is 24.3 Å². The number of rotatable bonds is 18. The Morgan fingerprint density at radius 1 is 0.821 bits per heavy atom. The van der Waals surface area contributed by atoms with Crippen molar-refractivity contribution in [3.05, 3.63) is 129 Å². The number of nitrogens with two attached hydrogens (primary N) is 1. The summed E-state index contributed by atoms with van der Waals surface area (Å²) in [5, 5.41) is 16.2. The van der Waals surface area contributed by atoms with Crippen LogP contribution in [0.2, 0.25) is 0 Å². The van der Waals surface area contributed by atoms with Crippen molar-refractivity contribution in [1.82, 2.24) is 10.6 Å². The standard InChI is InChI=1S/C42H44N4O10/c1-26(2)35(23-39(48)54-25-36-33-10-5-3-8-31(33)32-9-4-6-11-34(32)36)40(49)45-37(12-7-21-44-41(43)50)38(47)22-27-13-15-28(16-14-27)24-55-42(51)56-30-19-17-29(18-20-30)46(52)53/h3-6,8-11,13-20,26,35-37H,7,12,21-25H2,1-2H3,(H,45,49)(H3,43,44,50)/t35-,37-/m0/s1. The van der Waals surface area contributed by atoms with Crippen LogP contribution >= 0.6 is 0 Å². The smallest absolute Gasteiger partial charge is 0.465 e. The number of Topliss-reactive ketones (excluding diaryl/α,β-unsaturated/α-hetero) is 1. The number of carbonyl (C=O) groups excluding carboxylic acids is 5. The maximum Gasteiger partial charge on any atom is 0.514 e. The van der Waals surface area contributed by atoms with Crippen LogP contribution in [-0.2, 0) is 36.9 Å². The zero-order chi connectivity index (χ0) is 40.2. The van der Waals surface area contributed by atoms with Gasteiger partial charge in [0.05, 0.1) is 23.3 Å². The van der Waals surface area contributed by atoms with Gasteiger partial charge in [0.1, 0.15) is 19.0 Å². The van der Waals surface area contributed by atoms with Gasteiger partial charge in [-0.25, -0.2) is 9.59 Å². The Hall–Kier alpha value is -6.57. The molecule has 0 aromatic heterocycles. The van der Waals surface area contributed by atoms with Gasteiger partial charge in [-0.05, 0) is 64.3 Å². The second-order valence-electron chi connectivity index (χ2n) is 13.8. The van der Waals surface area contributed by atoms with Gasteiger partial charge in [0.25, 0.3) is 5.69 Å². The number of non-ortho nitro benzene ring substituents is 1. The first-order valence-electron chi connectivity index (χ1n) is 18.3. The predicted octanol–water partition coefficient (Wildman–Crippen LogP) is 6.37. The fraction of sp³-hybridized carbons (Fsp3) is 0.310. The number of benzene rings is 4. The number of ketones is 1. The van der Waals surface area contributed by atoms with Crippen LogP contribution in [-0.4, -0.2) is 54.0 Å². The molecule has 0 saturated carbocycles. The van der Waals surface area contributed by atoms with E-state index in [-0.39, 0.29) is 68.1 Å². The third kappa shape index (κ3) is 11.0. The van der Waals surface area contributed by atoms with E-state index in [0.29, 0.717) is 17.5 Å². The normalized spacial score (nSPS) is 12.8. The quantitative estimate of drug-likeness (QED) is 0.0335. The number of nitro benzene ring substituents is 1. The van der Waals surface area contributed by atoms with Crippen molar-refractivity contribution in [2.75, 3.05) is 13.2 Å². The number of nitrogens with zero attached hydrogens (tertiary/aromatic N) is 1. The summed E-state index contributed by atoms with van der Waals surface area (Å²) >= 11 is 0. The summed E-state index contributed by atoms with van der Waals surface area (Å²) in [7, 11) is 0. The Balaban J connectivity index is 1.16. The molecule has 2 atom stereocenters. The number of hydrogen-bond donors (Lipinski definition) is 3. The molecule has 4 N–H and O–H groups in total. The largest absolute Gasteiger partial charge is 0.514 e. The molecule has 0 bridgehead atoms. The molecule has 4 aromatic carbocycles. The Labute approximate surface area is 323 Å². The molecule has 292 valence electrons. The summed E-state index contributed by atoms with van der Waals surface area (Å²) in [6.45, 7) is 3.85. The lowest BCUT2D eigenvalue weighted by Crippen LogP contribution is -2.46. The highest BCUT2D eigenvalue weighted by atomic mass is 16.7. The third-order valence-corrected chi connectivity index (χ3v) is 9.58. The van der Waals surface area contributed by atoms with Gasteiger partial charge in [-0.1, -0.05) is 86.6 Å². The number of hydrogen-bond acceptors (Lipinski definition) is 10. The number of nitro groups is 1. The summed E-state index contributed by atoms with van der Waals surface area (Å²) in [6, 6.07) is 26.1. The second kappa shape index (κ2) is 19.1. The molecule has 1 aliphatic rings. The van der Waals surface area contributed by atoms with Gasteiger partial charge in [0.15, 0.2) is 5.78 Å². The van der Waals surface area contributed by atoms with Crippen LogP contribution in [0.15, 0.2) is 97.1 Å². The number of carbonyl (C=O) groups is 5. The SMILES string of the molecule is CC(C)[C@H](CC(=O)OCC1c2ccccc2-c2ccccc21)C(=O)N[C@@H](CCCNC(N)=O)C(=O)Cc1ccc(COC(=O)Oc2ccc([N+](=O)[O-])cc2)cc1. The van der Waals surface area contributed by atoms with E-state index >= 15 is 0 Å². The number of fused-ring (bicyclic) bond motifs is 3. The first kappa shape index (κ1) is 40.6. The molecule has 0 heterocycles. The van der Waals surface area contributed by atoms with Crippen molar-refractivity contribution >= 4 is 35.5 Å². The maximum absolute atomic E-state index is 13.7. The van der Waals surface area contributed by atoms with Crippen molar-refractivity contribution in [3.8, 4) is 16.9 Å². The first-order valence-corrected chi connectivity index (χ1v) is 18.3. The zero-order valence-corrected chi connectivity index (χ0v) is 31.1. The third-order valence-electron chi connectivity index (χ3n) is 9.58. The summed E-state index contributed by atoms with van der Waals surface area (Å²) in [5.74, 6) is -2.31. The lowest BCUT2D eigenvalue weighted by Gasteiger charge is -2.24. The summed E-state index contributed by atoms with van der Waals surface area (Å²) in [4.78, 5) is 74.2. The van der Waals surface area contributed by atoms with Crippen LogP contribution in [0.5, 0.6) is 5.75 Å². The number of urea groups is 1. The van der Waals surface area contributed by atoms with E-state index in [0.717, 1.165) is 22.3 Å². The summed E-state index contributed by atoms with van der Waals surface area (Å²) in [5.41, 5.74) is 10.7. The number of esters is 1. The first-order chi connectivity index (χ1) is 26.9. The van der Waals surface area contributed by atoms with E-state index in [2.05, 4.69) is 22.8 Å². The average molecular weight is 765 g/mol. The van der Waals surface area contributed by atoms with Gasteiger partial charge in [-0.15, -0.1) is 0 Å². The lowest BCUT2D eigenvalue weighted by molar-refractivity contribution is -0.384. The van der Waals surface area contributed by atoms with Crippen LogP contribution in [0, 0.1) is 22.0 Å². The van der Waals surface area contributed by atoms with Crippen LogP contribution in [0.3, 0.4) is 0 Å². The van der Waals surface area contributed by atoms with Gasteiger partial charge >= 0.3 is 18.2 Å². The Kier molecular flexibility index (Phi) is 13.9. The highest BCUT2D eigenvalue weighted by Gasteiger charge is 2.32. The molecule has 3 amide bonds. The molecule has 4 aromatic rings. The molecule has 1 aliphatic carbocycles. The van der Waals surface area contributed by atoms with Gasteiger partial charge in [-0.3, -0.25) is 24.5 Å². The van der Waals surface area contributed by atoms with Crippen LogP contribution < -0.4 is 21.1 Å². The molecule has 5 rings (SSSR count). The summed E-state index contributed by atoms with van der Waals surface area (Å²) < 4.78 is 16.0. The molecular formula is C42H44N4O10. The van der Waals surface area contributed by atoms with E-state index < -0.39 is 40.9 Å². The maximum atomic E-state index is 13.7. The molecule has 0 radical (unpaired) electrons. The Bertz CT molecular complexity index is 2000. The molecule has 0 aliphatic heterocycles. The minimum Gasteiger partial charge on any atom is -0.465 e. The van der Waals surface area contributed by atoms with Crippen molar-refractivity contribution in [2.45, 2.75) is 58.1 Å². The zero-order valence-electron chi connectivity index (χ0n) is 31.1. The van der Waals surface area contributed by atoms with E-state index in [9.17, 15) is 34.1 Å². The number of primary amides is 1. The molecule has 0 saturated heterocycles. The molecular weight excluding hydrogens is 720 g/mol. The fourth-order valence-electron chi connectivity index (χ4n) is 6.58. The van der Waals surface area contributed by atoms with Gasteiger partial charge in [-0.2, -0.15) is 0 Å². The molecule has 0 spiro atoms. The van der Waals surface area contributed by atoms with Crippen LogP contribution in [0.25, 0.3) is 11.1 Å². The number of amides is 3. The second-order valence-corrected chi connectivity index (χ2v) is 13.8. The molecule has 14 heteroatoms. The van der Waals surface area contributed by atoms with Crippen molar-refractivity contribution in [2.24, 2.45) is 17.6 Å². The minimum absolute atomic E-state index is 0.0315. The topological polar surface area (TPSA) is 206 Å². The van der Waals surface area contributed by atoms with Crippen LogP contribution in [0.4, 0.5) is 15.3 Å². The fourth-order valence-corrected chi connectivity index (χ4v) is 6.58. The van der Waals surface area contributed by atoms with Gasteiger partial charge in [0.2, 0.25) is 5.91 Å². The highest BCUT2D eigenvalue weighted by molar-refractivity contribution is 5.92. The van der Waals surface area contributed by atoms with Crippen molar-refractivity contribution < 1.29 is 43.1 Å². The Morgan fingerprint density at radius 3 is 2.02 bits per heavy atom. The van der Waals surface area contributed by atoms with Crippen molar-refractivity contribution in [1.29, 1.82) is 0 Å². The van der Waals surface area contributed by atoms with Gasteiger partial charge in [0, 0.05) is 31.0 Å². The average Bonchev–Trinajstić information content (AvgIpc) is 3.50. The number of nitrogens with one attached hydrogen (secondary N) is 2. The van der Waals surface area contributed by atoms with Gasteiger partial charge < -0.3 is 30.6 Å². The summed E-state index contributed by atoms with van der Waals surface area (Å²) in [6.07, 6.45) is -0.639. The number of ether oxygens (including phenoxy) is 3. The monoisotopic (exact) mass is 764 g/mol. The Morgan fingerprint density at radius 2 is 1.43 bits per heavy atom. The van der Waals surface area contributed by atoms with E-state index in [1.165, 1.54) is 24.3 Å². The highest BCUT2D eigenvalue weighted by Crippen LogP contribution is 2.44. The van der Waals surface area contributed by atoms with E-state index in [4.69, 9.17) is 19.9 Å². The predicted molar refractivity (Wildman–Crippen MR) is 205 cm³/mol. The van der Waals surface area contributed by atoms with Crippen LogP contribution in [0.1, 0.15) is 61.3 Å². The lowest BCUT2D eigenvalue weighted by atomic mass is 9.90. The molecule has 0 fully saturated rings. The molecule has 14 nitrogen and oxygen atoms in total. The van der Waals surface area contributed by atoms with Crippen molar-refractivity contribution in [3.63, 3.8) is 0 Å². The molecule has 0 unspecified atom stereocenters. The van der Waals surface area contributed by atoms with E-state index in [1.807, 2.05) is 50.2 Å². The molecule has 56 heavy (non-hydrogen) atoms. The minimum atomic E-state index is -0.999.